The van der Waals surface area contributed by atoms with E-state index in [4.69, 9.17) is 4.74 Å². The van der Waals surface area contributed by atoms with E-state index in [-0.39, 0.29) is 0 Å². The lowest BCUT2D eigenvalue weighted by Gasteiger charge is -2.31. The average molecular weight is 474 g/mol. The number of rotatable bonds is 7. The molecule has 0 bridgehead atoms. The van der Waals surface area contributed by atoms with Gasteiger partial charge >= 0.3 is 0 Å². The van der Waals surface area contributed by atoms with Crippen LogP contribution in [-0.2, 0) is 4.79 Å². The number of likely N-dealkylation sites (tertiary alicyclic amines) is 1. The van der Waals surface area contributed by atoms with Crippen LogP contribution in [0.3, 0.4) is 0 Å². The van der Waals surface area contributed by atoms with E-state index in [0.29, 0.717) is 36.5 Å². The van der Waals surface area contributed by atoms with Crippen LogP contribution in [0.1, 0.15) is 68.8 Å². The summed E-state index contributed by atoms with van der Waals surface area (Å²) in [7, 11) is 1.67. The van der Waals surface area contributed by atoms with Crippen LogP contribution in [-0.4, -0.2) is 57.0 Å². The number of fused-ring (bicyclic) bond motifs is 2. The summed E-state index contributed by atoms with van der Waals surface area (Å²) in [5, 5.41) is 5.74. The predicted molar refractivity (Wildman–Crippen MR) is 139 cm³/mol. The Hall–Kier alpha value is -3.19. The van der Waals surface area contributed by atoms with Gasteiger partial charge in [0.05, 0.1) is 19.3 Å². The molecule has 184 valence electrons. The van der Waals surface area contributed by atoms with Crippen molar-refractivity contribution in [2.75, 3.05) is 26.7 Å². The molecular weight excluding hydrogens is 438 g/mol. The van der Waals surface area contributed by atoms with Crippen molar-refractivity contribution >= 4 is 22.3 Å². The van der Waals surface area contributed by atoms with Gasteiger partial charge in [-0.1, -0.05) is 26.8 Å². The second kappa shape index (κ2) is 9.46. The van der Waals surface area contributed by atoms with E-state index < -0.39 is 0 Å². The van der Waals surface area contributed by atoms with Crippen LogP contribution in [0.4, 0.5) is 0 Å². The number of aromatic amines is 1. The van der Waals surface area contributed by atoms with Crippen molar-refractivity contribution in [1.29, 1.82) is 0 Å². The number of carbonyl (C=O) groups excluding carboxylic acids is 1. The van der Waals surface area contributed by atoms with E-state index in [1.54, 1.807) is 11.6 Å². The molecule has 0 spiro atoms. The molecule has 3 aromatic heterocycles. The number of Topliss-reactive ketones (excluding diaryl/α,β-unsaturated/α-hetero) is 1. The lowest BCUT2D eigenvalue weighted by Crippen LogP contribution is -2.36. The molecule has 0 atom stereocenters. The van der Waals surface area contributed by atoms with Crippen LogP contribution in [0, 0.1) is 6.92 Å². The summed E-state index contributed by atoms with van der Waals surface area (Å²) in [6, 6.07) is 11.0. The molecule has 1 N–H and O–H groups in total. The van der Waals surface area contributed by atoms with E-state index >= 15 is 0 Å². The highest BCUT2D eigenvalue weighted by Crippen LogP contribution is 2.39. The van der Waals surface area contributed by atoms with Gasteiger partial charge in [-0.3, -0.25) is 9.69 Å². The minimum absolute atomic E-state index is 0.336. The van der Waals surface area contributed by atoms with Gasteiger partial charge in [0.2, 0.25) is 5.88 Å². The third-order valence-electron chi connectivity index (χ3n) is 7.30. The molecule has 0 amide bonds. The normalized spacial score (nSPS) is 15.5. The highest BCUT2D eigenvalue weighted by atomic mass is 16.5. The van der Waals surface area contributed by atoms with Gasteiger partial charge < -0.3 is 9.72 Å². The summed E-state index contributed by atoms with van der Waals surface area (Å²) >= 11 is 0. The van der Waals surface area contributed by atoms with E-state index in [1.165, 1.54) is 16.5 Å². The molecule has 4 heterocycles. The summed E-state index contributed by atoms with van der Waals surface area (Å²) in [4.78, 5) is 22.4. The highest BCUT2D eigenvalue weighted by Gasteiger charge is 2.24. The van der Waals surface area contributed by atoms with Crippen LogP contribution in [0.15, 0.2) is 30.3 Å². The number of ether oxygens (including phenoxy) is 1. The number of nitrogens with one attached hydrogen (secondary N) is 1. The molecule has 0 saturated carbocycles. The Labute approximate surface area is 206 Å². The van der Waals surface area contributed by atoms with E-state index in [2.05, 4.69) is 58.1 Å². The first-order valence-electron chi connectivity index (χ1n) is 12.7. The first-order chi connectivity index (χ1) is 16.9. The highest BCUT2D eigenvalue weighted by molar-refractivity contribution is 5.92. The van der Waals surface area contributed by atoms with Crippen LogP contribution in [0.5, 0.6) is 5.88 Å². The van der Waals surface area contributed by atoms with Gasteiger partial charge in [0, 0.05) is 29.0 Å². The Morgan fingerprint density at radius 3 is 2.66 bits per heavy atom. The Morgan fingerprint density at radius 1 is 1.20 bits per heavy atom. The number of carbonyl (C=O) groups is 1. The molecule has 5 rings (SSSR count). The van der Waals surface area contributed by atoms with Gasteiger partial charge in [-0.2, -0.15) is 4.52 Å². The second-order valence-corrected chi connectivity index (χ2v) is 10.0. The Bertz CT molecular complexity index is 1380. The largest absolute Gasteiger partial charge is 0.481 e. The van der Waals surface area contributed by atoms with E-state index in [1.807, 2.05) is 19.9 Å². The molecule has 0 unspecified atom stereocenters. The summed E-state index contributed by atoms with van der Waals surface area (Å²) in [6.07, 6.45) is 2.81. The third kappa shape index (κ3) is 4.45. The van der Waals surface area contributed by atoms with Gasteiger partial charge in [-0.05, 0) is 74.0 Å². The maximum atomic E-state index is 11.9. The fourth-order valence-corrected chi connectivity index (χ4v) is 5.45. The molecule has 1 saturated heterocycles. The van der Waals surface area contributed by atoms with Crippen molar-refractivity contribution in [3.8, 4) is 17.1 Å². The van der Waals surface area contributed by atoms with Crippen LogP contribution >= 0.6 is 0 Å². The molecule has 1 fully saturated rings. The minimum atomic E-state index is 0.336. The number of hydrogen-bond donors (Lipinski definition) is 1. The number of ketones is 1. The van der Waals surface area contributed by atoms with Gasteiger partial charge in [0.15, 0.2) is 5.65 Å². The number of H-pyrrole nitrogens is 1. The number of nitrogens with zero attached hydrogens (tertiary/aromatic N) is 4. The number of aromatic nitrogens is 4. The zero-order chi connectivity index (χ0) is 24.7. The second-order valence-electron chi connectivity index (χ2n) is 10.0. The quantitative estimate of drug-likeness (QED) is 0.385. The van der Waals surface area contributed by atoms with Crippen LogP contribution in [0.2, 0.25) is 0 Å². The molecule has 7 heteroatoms. The molecule has 0 aliphatic carbocycles. The topological polar surface area (TPSA) is 75.5 Å². The molecular formula is C28H35N5O2. The van der Waals surface area contributed by atoms with Crippen molar-refractivity contribution in [3.05, 3.63) is 47.3 Å². The molecule has 0 radical (unpaired) electrons. The summed E-state index contributed by atoms with van der Waals surface area (Å²) in [6.45, 7) is 10.9. The van der Waals surface area contributed by atoms with Gasteiger partial charge in [-0.15, -0.1) is 5.10 Å². The first-order valence-corrected chi connectivity index (χ1v) is 12.7. The maximum absolute atomic E-state index is 11.9. The lowest BCUT2D eigenvalue weighted by atomic mass is 9.87. The number of benzene rings is 1. The van der Waals surface area contributed by atoms with Crippen molar-refractivity contribution in [3.63, 3.8) is 0 Å². The molecule has 4 aromatic rings. The van der Waals surface area contributed by atoms with E-state index in [9.17, 15) is 4.79 Å². The number of piperidine rings is 1. The summed E-state index contributed by atoms with van der Waals surface area (Å²) < 4.78 is 7.38. The van der Waals surface area contributed by atoms with E-state index in [0.717, 1.165) is 54.2 Å². The van der Waals surface area contributed by atoms with Crippen LogP contribution in [0.25, 0.3) is 27.8 Å². The average Bonchev–Trinajstić information content (AvgIpc) is 3.43. The van der Waals surface area contributed by atoms with Crippen molar-refractivity contribution in [1.82, 2.24) is 24.5 Å². The number of hydrogen-bond acceptors (Lipinski definition) is 5. The monoisotopic (exact) mass is 473 g/mol. The van der Waals surface area contributed by atoms with Gasteiger partial charge in [-0.25, -0.2) is 4.98 Å². The zero-order valence-electron chi connectivity index (χ0n) is 21.4. The van der Waals surface area contributed by atoms with Crippen molar-refractivity contribution in [2.45, 2.75) is 58.8 Å². The Kier molecular flexibility index (Phi) is 6.36. The maximum Gasteiger partial charge on any atom is 0.216 e. The van der Waals surface area contributed by atoms with Gasteiger partial charge in [0.1, 0.15) is 11.6 Å². The molecule has 7 nitrogen and oxygen atoms in total. The summed E-state index contributed by atoms with van der Waals surface area (Å²) in [5.74, 6) is 2.60. The first kappa shape index (κ1) is 23.5. The number of methoxy groups -OCH3 is 1. The smallest absolute Gasteiger partial charge is 0.216 e. The summed E-state index contributed by atoms with van der Waals surface area (Å²) in [5.41, 5.74) is 6.80. The SMILES string of the molecule is CCC(=O)CN1CCC(c2ccc3[nH]c(-c4cc(OC)n5nc(C)nc5c4)c(C(C)C)c3c2)CC1. The molecule has 1 aliphatic rings. The molecule has 35 heavy (non-hydrogen) atoms. The number of pyridine rings is 1. The fourth-order valence-electron chi connectivity index (χ4n) is 5.45. The Morgan fingerprint density at radius 2 is 1.97 bits per heavy atom. The van der Waals surface area contributed by atoms with Gasteiger partial charge in [0.25, 0.3) is 0 Å². The third-order valence-corrected chi connectivity index (χ3v) is 7.30. The Balaban J connectivity index is 1.51. The molecule has 1 aromatic carbocycles. The fraction of sp³-hybridized carbons (Fsp3) is 0.464. The zero-order valence-corrected chi connectivity index (χ0v) is 21.4. The standard InChI is InChI=1S/C28H35N5O2/c1-6-22(34)16-32-11-9-19(10-12-32)20-7-8-24-23(13-20)27(17(2)3)28(30-24)21-14-25-29-18(4)31-33(25)26(15-21)35-5/h7-8,13-15,17,19,30H,6,9-12,16H2,1-5H3. The van der Waals surface area contributed by atoms with Crippen LogP contribution < -0.4 is 4.74 Å². The minimum Gasteiger partial charge on any atom is -0.481 e. The van der Waals surface area contributed by atoms with Crippen molar-refractivity contribution < 1.29 is 9.53 Å². The lowest BCUT2D eigenvalue weighted by molar-refractivity contribution is -0.120. The number of aryl methyl sites for hydroxylation is 1. The molecule has 1 aliphatic heterocycles. The predicted octanol–water partition coefficient (Wildman–Crippen LogP) is 5.48. The van der Waals surface area contributed by atoms with Crippen molar-refractivity contribution in [2.24, 2.45) is 0 Å².